The summed E-state index contributed by atoms with van der Waals surface area (Å²) in [5, 5.41) is 6.22. The van der Waals surface area contributed by atoms with Crippen LogP contribution in [0.5, 0.6) is 23.1 Å². The van der Waals surface area contributed by atoms with E-state index in [0.717, 1.165) is 53.7 Å². The molecule has 6 rings (SSSR count). The number of fused-ring (bicyclic) bond motifs is 2. The minimum atomic E-state index is -0.818. The number of nitrogens with one attached hydrogen (secondary N) is 2. The Bertz CT molecular complexity index is 1660. The van der Waals surface area contributed by atoms with E-state index in [4.69, 9.17) is 14.2 Å². The third-order valence-corrected chi connectivity index (χ3v) is 8.54. The van der Waals surface area contributed by atoms with E-state index >= 15 is 4.39 Å². The van der Waals surface area contributed by atoms with Crippen molar-refractivity contribution in [1.82, 2.24) is 20.6 Å². The summed E-state index contributed by atoms with van der Waals surface area (Å²) < 4.78 is 33.7. The number of imide groups is 1. The Morgan fingerprint density at radius 2 is 1.80 bits per heavy atom. The molecule has 44 heavy (non-hydrogen) atoms. The van der Waals surface area contributed by atoms with Crippen LogP contribution in [0.3, 0.4) is 0 Å². The van der Waals surface area contributed by atoms with E-state index in [2.05, 4.69) is 33.4 Å². The maximum atomic E-state index is 15.2. The van der Waals surface area contributed by atoms with E-state index in [1.807, 2.05) is 6.07 Å². The number of hydrogen-bond acceptors (Lipinski definition) is 9. The van der Waals surface area contributed by atoms with Crippen molar-refractivity contribution in [2.75, 3.05) is 31.1 Å². The van der Waals surface area contributed by atoms with Gasteiger partial charge < -0.3 is 19.5 Å². The largest absolute Gasteiger partial charge is 0.493 e. The third-order valence-electron chi connectivity index (χ3n) is 8.12. The summed E-state index contributed by atoms with van der Waals surface area (Å²) in [7, 11) is 1.55. The molecule has 0 spiro atoms. The molecule has 2 aliphatic rings. The van der Waals surface area contributed by atoms with Crippen molar-refractivity contribution in [2.24, 2.45) is 17.8 Å². The van der Waals surface area contributed by atoms with E-state index in [0.29, 0.717) is 34.9 Å². The summed E-state index contributed by atoms with van der Waals surface area (Å²) in [4.78, 5) is 33.4. The summed E-state index contributed by atoms with van der Waals surface area (Å²) in [6.07, 6.45) is 3.65. The van der Waals surface area contributed by atoms with Gasteiger partial charge in [-0.2, -0.15) is 0 Å². The van der Waals surface area contributed by atoms with Crippen LogP contribution in [-0.2, 0) is 11.2 Å². The first-order chi connectivity index (χ1) is 21.4. The zero-order chi connectivity index (χ0) is 30.6. The quantitative estimate of drug-likeness (QED) is 0.216. The average molecular weight is 618 g/mol. The van der Waals surface area contributed by atoms with Crippen LogP contribution in [-0.4, -0.2) is 48.7 Å². The van der Waals surface area contributed by atoms with Crippen LogP contribution in [0.2, 0.25) is 0 Å². The highest BCUT2D eigenvalue weighted by Crippen LogP contribution is 2.41. The molecule has 0 radical (unpaired) electrons. The molecule has 2 unspecified atom stereocenters. The molecule has 1 saturated heterocycles. The second kappa shape index (κ2) is 13.1. The number of thiol groups is 1. The molecule has 2 fully saturated rings. The number of hydrogen-bond donors (Lipinski definition) is 3. The van der Waals surface area contributed by atoms with Crippen LogP contribution in [0.25, 0.3) is 10.9 Å². The second-order valence-corrected chi connectivity index (χ2v) is 11.5. The average Bonchev–Trinajstić information content (AvgIpc) is 3.63. The zero-order valence-corrected chi connectivity index (χ0v) is 24.9. The molecule has 2 heterocycles. The van der Waals surface area contributed by atoms with Crippen molar-refractivity contribution in [1.29, 1.82) is 0 Å². The molecule has 10 nitrogen and oxygen atoms in total. The Hall–Kier alpha value is -4.42. The molecule has 2 N–H and O–H groups in total. The van der Waals surface area contributed by atoms with Crippen molar-refractivity contribution in [3.63, 3.8) is 0 Å². The summed E-state index contributed by atoms with van der Waals surface area (Å²) in [5.74, 6) is 1.73. The van der Waals surface area contributed by atoms with Crippen LogP contribution in [0.15, 0.2) is 67.0 Å². The summed E-state index contributed by atoms with van der Waals surface area (Å²) in [6.45, 7) is 2.77. The zero-order valence-electron chi connectivity index (χ0n) is 24.0. The SMILES string of the molecule is COc1cc2c(Oc3ccc(N(S)C(=O)NC(=O)Cc4ccccc4)cc3F)ncnc2cc1OCC1CC2CNCC2C1. The molecule has 4 aromatic rings. The Morgan fingerprint density at radius 1 is 1.02 bits per heavy atom. The van der Waals surface area contributed by atoms with Crippen LogP contribution in [0, 0.1) is 23.6 Å². The van der Waals surface area contributed by atoms with Crippen LogP contribution in [0.4, 0.5) is 14.9 Å². The van der Waals surface area contributed by atoms with Gasteiger partial charge in [-0.15, -0.1) is 0 Å². The maximum Gasteiger partial charge on any atom is 0.338 e. The number of carbonyl (C=O) groups excluding carboxylic acids is 2. The molecule has 1 aliphatic carbocycles. The Kier molecular flexibility index (Phi) is 8.80. The molecule has 1 aliphatic heterocycles. The summed E-state index contributed by atoms with van der Waals surface area (Å²) >= 11 is 4.15. The molecule has 3 aromatic carbocycles. The summed E-state index contributed by atoms with van der Waals surface area (Å²) in [6, 6.07) is 15.5. The molecule has 228 valence electrons. The van der Waals surface area contributed by atoms with Gasteiger partial charge in [0.2, 0.25) is 11.8 Å². The highest BCUT2D eigenvalue weighted by Gasteiger charge is 2.37. The smallest absolute Gasteiger partial charge is 0.338 e. The number of halogens is 1. The molecular formula is C32H32FN5O5S. The summed E-state index contributed by atoms with van der Waals surface area (Å²) in [5.41, 5.74) is 1.40. The van der Waals surface area contributed by atoms with E-state index < -0.39 is 17.8 Å². The first-order valence-electron chi connectivity index (χ1n) is 14.4. The molecule has 12 heteroatoms. The number of methoxy groups -OCH3 is 1. The Morgan fingerprint density at radius 3 is 2.52 bits per heavy atom. The molecule has 0 bridgehead atoms. The number of urea groups is 1. The highest BCUT2D eigenvalue weighted by atomic mass is 32.1. The predicted octanol–water partition coefficient (Wildman–Crippen LogP) is 5.32. The minimum Gasteiger partial charge on any atom is -0.493 e. The fourth-order valence-electron chi connectivity index (χ4n) is 5.95. The van der Waals surface area contributed by atoms with Crippen LogP contribution in [0.1, 0.15) is 18.4 Å². The Balaban J connectivity index is 1.12. The number of anilines is 1. The number of rotatable bonds is 9. The number of carbonyl (C=O) groups is 2. The molecule has 3 amide bonds. The van der Waals surface area contributed by atoms with Gasteiger partial charge in [0.15, 0.2) is 23.1 Å². The number of aromatic nitrogens is 2. The fourth-order valence-corrected chi connectivity index (χ4v) is 6.13. The lowest BCUT2D eigenvalue weighted by molar-refractivity contribution is -0.119. The van der Waals surface area contributed by atoms with Gasteiger partial charge in [-0.1, -0.05) is 43.1 Å². The van der Waals surface area contributed by atoms with Gasteiger partial charge in [0.25, 0.3) is 0 Å². The topological polar surface area (TPSA) is 115 Å². The van der Waals surface area contributed by atoms with Gasteiger partial charge in [0.05, 0.1) is 36.7 Å². The number of amides is 3. The monoisotopic (exact) mass is 617 g/mol. The highest BCUT2D eigenvalue weighted by molar-refractivity contribution is 7.82. The van der Waals surface area contributed by atoms with E-state index in [1.165, 1.54) is 18.5 Å². The molecule has 2 atom stereocenters. The molecular weight excluding hydrogens is 585 g/mol. The maximum absolute atomic E-state index is 15.2. The lowest BCUT2D eigenvalue weighted by Gasteiger charge is -2.17. The van der Waals surface area contributed by atoms with Gasteiger partial charge >= 0.3 is 6.03 Å². The standard InChI is InChI=1S/C32H32FN5O5S/c1-41-28-13-24-26(14-29(28)42-17-20-9-21-15-34-16-22(21)10-20)35-18-36-31(24)43-27-8-7-23(12-25(27)33)38(44)32(40)37-30(39)11-19-5-3-2-4-6-19/h2-8,12-14,18,20-22,34,44H,9-11,15-17H2,1H3,(H,37,39,40). The van der Waals surface area contributed by atoms with E-state index in [1.54, 1.807) is 43.5 Å². The number of nitrogens with zero attached hydrogens (tertiary/aromatic N) is 3. The van der Waals surface area contributed by atoms with Crippen molar-refractivity contribution >= 4 is 41.3 Å². The number of ether oxygens (including phenoxy) is 3. The van der Waals surface area contributed by atoms with Crippen molar-refractivity contribution in [3.8, 4) is 23.1 Å². The van der Waals surface area contributed by atoms with Crippen molar-refractivity contribution in [3.05, 3.63) is 78.4 Å². The van der Waals surface area contributed by atoms with Gasteiger partial charge in [-0.3, -0.25) is 10.1 Å². The third kappa shape index (κ3) is 6.56. The predicted molar refractivity (Wildman–Crippen MR) is 166 cm³/mol. The van der Waals surface area contributed by atoms with Crippen LogP contribution >= 0.6 is 12.8 Å². The lowest BCUT2D eigenvalue weighted by Crippen LogP contribution is -2.39. The van der Waals surface area contributed by atoms with Gasteiger partial charge in [0.1, 0.15) is 6.33 Å². The lowest BCUT2D eigenvalue weighted by atomic mass is 10.0. The van der Waals surface area contributed by atoms with Crippen LogP contribution < -0.4 is 29.1 Å². The molecule has 1 aromatic heterocycles. The Labute approximate surface area is 259 Å². The minimum absolute atomic E-state index is 0.0138. The van der Waals surface area contributed by atoms with Gasteiger partial charge in [-0.25, -0.2) is 23.5 Å². The first kappa shape index (κ1) is 29.6. The normalized spacial score (nSPS) is 18.9. The van der Waals surface area contributed by atoms with Crippen molar-refractivity contribution in [2.45, 2.75) is 19.3 Å². The van der Waals surface area contributed by atoms with E-state index in [-0.39, 0.29) is 23.7 Å². The van der Waals surface area contributed by atoms with Crippen molar-refractivity contribution < 1.29 is 28.2 Å². The second-order valence-electron chi connectivity index (χ2n) is 11.1. The van der Waals surface area contributed by atoms with Gasteiger partial charge in [-0.05, 0) is 67.4 Å². The fraction of sp³-hybridized carbons (Fsp3) is 0.312. The van der Waals surface area contributed by atoms with E-state index in [9.17, 15) is 9.59 Å². The number of benzene rings is 3. The van der Waals surface area contributed by atoms with Gasteiger partial charge in [0, 0.05) is 12.1 Å². The molecule has 1 saturated carbocycles. The first-order valence-corrected chi connectivity index (χ1v) is 14.8.